The zero-order valence-electron chi connectivity index (χ0n) is 13.0. The van der Waals surface area contributed by atoms with E-state index in [4.69, 9.17) is 4.74 Å². The van der Waals surface area contributed by atoms with Crippen molar-refractivity contribution in [2.75, 3.05) is 39.0 Å². The summed E-state index contributed by atoms with van der Waals surface area (Å²) in [4.78, 5) is 2.29. The quantitative estimate of drug-likeness (QED) is 0.826. The Kier molecular flexibility index (Phi) is 5.24. The van der Waals surface area contributed by atoms with E-state index in [1.54, 1.807) is 18.3 Å². The van der Waals surface area contributed by atoms with Gasteiger partial charge >= 0.3 is 0 Å². The molecule has 0 aromatic heterocycles. The number of aryl methyl sites for hydroxylation is 1. The normalized spacial score (nSPS) is 17.9. The molecule has 1 fully saturated rings. The van der Waals surface area contributed by atoms with Gasteiger partial charge in [-0.2, -0.15) is 4.31 Å². The number of piperazine rings is 1. The van der Waals surface area contributed by atoms with Crippen LogP contribution in [0.15, 0.2) is 18.2 Å². The maximum Gasteiger partial charge on any atom is 0.213 e. The van der Waals surface area contributed by atoms with Crippen LogP contribution in [0.5, 0.6) is 5.75 Å². The molecule has 1 heterocycles. The maximum absolute atomic E-state index is 11.8. The second-order valence-electron chi connectivity index (χ2n) is 5.38. The van der Waals surface area contributed by atoms with Gasteiger partial charge in [0.05, 0.1) is 12.9 Å². The number of benzene rings is 1. The fraction of sp³-hybridized carbons (Fsp3) is 0.600. The molecule has 0 saturated carbocycles. The molecule has 118 valence electrons. The molecule has 0 unspecified atom stereocenters. The summed E-state index contributed by atoms with van der Waals surface area (Å²) < 4.78 is 30.5. The largest absolute Gasteiger partial charge is 0.496 e. The SMILES string of the molecule is CCS(=O)(=O)N1CCN(Cc2ccc(OC)c(C)c2)CC1. The maximum atomic E-state index is 11.8. The molecule has 21 heavy (non-hydrogen) atoms. The summed E-state index contributed by atoms with van der Waals surface area (Å²) in [6, 6.07) is 6.19. The van der Waals surface area contributed by atoms with Crippen LogP contribution in [-0.2, 0) is 16.6 Å². The van der Waals surface area contributed by atoms with E-state index in [0.717, 1.165) is 30.9 Å². The smallest absolute Gasteiger partial charge is 0.213 e. The number of ether oxygens (including phenoxy) is 1. The summed E-state index contributed by atoms with van der Waals surface area (Å²) in [7, 11) is -1.37. The molecule has 2 rings (SSSR count). The lowest BCUT2D eigenvalue weighted by Gasteiger charge is -2.33. The van der Waals surface area contributed by atoms with Crippen molar-refractivity contribution in [2.24, 2.45) is 0 Å². The number of rotatable bonds is 5. The van der Waals surface area contributed by atoms with Crippen molar-refractivity contribution in [1.29, 1.82) is 0 Å². The van der Waals surface area contributed by atoms with Crippen LogP contribution in [0.1, 0.15) is 18.1 Å². The average Bonchev–Trinajstić information content (AvgIpc) is 2.48. The van der Waals surface area contributed by atoms with Gasteiger partial charge in [0, 0.05) is 32.7 Å². The molecule has 0 bridgehead atoms. The molecule has 0 radical (unpaired) electrons. The first-order valence-corrected chi connectivity index (χ1v) is 8.91. The van der Waals surface area contributed by atoms with Crippen molar-refractivity contribution in [2.45, 2.75) is 20.4 Å². The van der Waals surface area contributed by atoms with Crippen LogP contribution in [0.2, 0.25) is 0 Å². The third-order valence-corrected chi connectivity index (χ3v) is 5.84. The van der Waals surface area contributed by atoms with Crippen molar-refractivity contribution in [1.82, 2.24) is 9.21 Å². The van der Waals surface area contributed by atoms with Crippen LogP contribution in [0, 0.1) is 6.92 Å². The van der Waals surface area contributed by atoms with Gasteiger partial charge in [0.1, 0.15) is 5.75 Å². The van der Waals surface area contributed by atoms with Gasteiger partial charge in [0.2, 0.25) is 10.0 Å². The fourth-order valence-electron chi connectivity index (χ4n) is 2.65. The van der Waals surface area contributed by atoms with E-state index in [9.17, 15) is 8.42 Å². The van der Waals surface area contributed by atoms with Crippen molar-refractivity contribution in [3.63, 3.8) is 0 Å². The lowest BCUT2D eigenvalue weighted by molar-refractivity contribution is 0.181. The van der Waals surface area contributed by atoms with E-state index in [-0.39, 0.29) is 5.75 Å². The molecular weight excluding hydrogens is 288 g/mol. The highest BCUT2D eigenvalue weighted by atomic mass is 32.2. The third kappa shape index (κ3) is 3.96. The summed E-state index contributed by atoms with van der Waals surface area (Å²) in [5, 5.41) is 0. The number of hydrogen-bond acceptors (Lipinski definition) is 4. The second kappa shape index (κ2) is 6.77. The Balaban J connectivity index is 1.93. The topological polar surface area (TPSA) is 49.9 Å². The van der Waals surface area contributed by atoms with Crippen molar-refractivity contribution in [3.8, 4) is 5.75 Å². The van der Waals surface area contributed by atoms with Crippen molar-refractivity contribution >= 4 is 10.0 Å². The monoisotopic (exact) mass is 312 g/mol. The molecule has 1 aliphatic rings. The molecule has 5 nitrogen and oxygen atoms in total. The predicted octanol–water partition coefficient (Wildman–Crippen LogP) is 1.47. The number of sulfonamides is 1. The molecule has 1 saturated heterocycles. The Bertz CT molecular complexity index is 579. The fourth-order valence-corrected chi connectivity index (χ4v) is 3.73. The molecule has 1 aromatic rings. The van der Waals surface area contributed by atoms with Crippen LogP contribution in [0.3, 0.4) is 0 Å². The Morgan fingerprint density at radius 3 is 2.38 bits per heavy atom. The Hall–Kier alpha value is -1.11. The van der Waals surface area contributed by atoms with Gasteiger partial charge in [-0.3, -0.25) is 4.90 Å². The Morgan fingerprint density at radius 2 is 1.86 bits per heavy atom. The molecule has 0 N–H and O–H groups in total. The van der Waals surface area contributed by atoms with Crippen LogP contribution in [-0.4, -0.2) is 56.7 Å². The van der Waals surface area contributed by atoms with Gasteiger partial charge in [-0.1, -0.05) is 12.1 Å². The van der Waals surface area contributed by atoms with Crippen LogP contribution >= 0.6 is 0 Å². The van der Waals surface area contributed by atoms with Gasteiger partial charge in [-0.25, -0.2) is 8.42 Å². The first kappa shape index (κ1) is 16.3. The minimum absolute atomic E-state index is 0.185. The van der Waals surface area contributed by atoms with Gasteiger partial charge in [-0.15, -0.1) is 0 Å². The first-order chi connectivity index (χ1) is 9.96. The van der Waals surface area contributed by atoms with Crippen molar-refractivity contribution in [3.05, 3.63) is 29.3 Å². The van der Waals surface area contributed by atoms with Gasteiger partial charge in [0.25, 0.3) is 0 Å². The van der Waals surface area contributed by atoms with E-state index in [2.05, 4.69) is 17.0 Å². The zero-order chi connectivity index (χ0) is 15.5. The third-order valence-electron chi connectivity index (χ3n) is 3.95. The van der Waals surface area contributed by atoms with E-state index < -0.39 is 10.0 Å². The highest BCUT2D eigenvalue weighted by Gasteiger charge is 2.25. The second-order valence-corrected chi connectivity index (χ2v) is 7.64. The minimum atomic E-state index is -3.04. The van der Waals surface area contributed by atoms with Crippen LogP contribution < -0.4 is 4.74 Å². The molecule has 0 aliphatic carbocycles. The molecular formula is C15H24N2O3S. The summed E-state index contributed by atoms with van der Waals surface area (Å²) in [5.41, 5.74) is 2.36. The molecule has 6 heteroatoms. The Labute approximate surface area is 127 Å². The van der Waals surface area contributed by atoms with E-state index >= 15 is 0 Å². The number of hydrogen-bond donors (Lipinski definition) is 0. The van der Waals surface area contributed by atoms with Gasteiger partial charge in [0.15, 0.2) is 0 Å². The molecule has 0 spiro atoms. The lowest BCUT2D eigenvalue weighted by atomic mass is 10.1. The standard InChI is InChI=1S/C15H24N2O3S/c1-4-21(18,19)17-9-7-16(8-10-17)12-14-5-6-15(20-3)13(2)11-14/h5-6,11H,4,7-10,12H2,1-3H3. The lowest BCUT2D eigenvalue weighted by Crippen LogP contribution is -2.48. The van der Waals surface area contributed by atoms with Crippen LogP contribution in [0.25, 0.3) is 0 Å². The van der Waals surface area contributed by atoms with Gasteiger partial charge < -0.3 is 4.74 Å². The van der Waals surface area contributed by atoms with Gasteiger partial charge in [-0.05, 0) is 31.0 Å². The molecule has 1 aromatic carbocycles. The Morgan fingerprint density at radius 1 is 1.19 bits per heavy atom. The number of methoxy groups -OCH3 is 1. The molecule has 1 aliphatic heterocycles. The minimum Gasteiger partial charge on any atom is -0.496 e. The van der Waals surface area contributed by atoms with E-state index in [0.29, 0.717) is 13.1 Å². The summed E-state index contributed by atoms with van der Waals surface area (Å²) >= 11 is 0. The average molecular weight is 312 g/mol. The summed E-state index contributed by atoms with van der Waals surface area (Å²) in [6.07, 6.45) is 0. The zero-order valence-corrected chi connectivity index (χ0v) is 13.8. The molecule has 0 atom stereocenters. The van der Waals surface area contributed by atoms with E-state index in [1.165, 1.54) is 5.56 Å². The highest BCUT2D eigenvalue weighted by Crippen LogP contribution is 2.20. The highest BCUT2D eigenvalue weighted by molar-refractivity contribution is 7.89. The predicted molar refractivity (Wildman–Crippen MR) is 84.0 cm³/mol. The summed E-state index contributed by atoms with van der Waals surface area (Å²) in [5.74, 6) is 1.09. The van der Waals surface area contributed by atoms with Crippen LogP contribution in [0.4, 0.5) is 0 Å². The van der Waals surface area contributed by atoms with E-state index in [1.807, 2.05) is 13.0 Å². The summed E-state index contributed by atoms with van der Waals surface area (Å²) in [6.45, 7) is 7.33. The first-order valence-electron chi connectivity index (χ1n) is 7.30. The van der Waals surface area contributed by atoms with Crippen molar-refractivity contribution < 1.29 is 13.2 Å². The number of nitrogens with zero attached hydrogens (tertiary/aromatic N) is 2. The molecule has 0 amide bonds.